The van der Waals surface area contributed by atoms with Crippen LogP contribution in [0.2, 0.25) is 0 Å². The first-order chi connectivity index (χ1) is 5.62. The molecule has 0 aromatic carbocycles. The van der Waals surface area contributed by atoms with Gasteiger partial charge in [-0.15, -0.1) is 0 Å². The van der Waals surface area contributed by atoms with Crippen molar-refractivity contribution in [2.75, 3.05) is 18.1 Å². The largest absolute Gasteiger partial charge is 0.396 e. The molecule has 0 fully saturated rings. The Morgan fingerprint density at radius 2 is 2.25 bits per heavy atom. The van der Waals surface area contributed by atoms with Gasteiger partial charge in [0.2, 0.25) is 0 Å². The van der Waals surface area contributed by atoms with Crippen molar-refractivity contribution in [2.45, 2.75) is 25.3 Å². The Morgan fingerprint density at radius 3 is 2.75 bits per heavy atom. The van der Waals surface area contributed by atoms with E-state index in [4.69, 9.17) is 16.1 Å². The molecule has 1 atom stereocenters. The Bertz CT molecular complexity index is 154. The Morgan fingerprint density at radius 1 is 1.58 bits per heavy atom. The van der Waals surface area contributed by atoms with Gasteiger partial charge in [-0.1, -0.05) is 0 Å². The molecule has 3 N–H and O–H groups in total. The van der Waals surface area contributed by atoms with Crippen LogP contribution in [0.25, 0.3) is 0 Å². The summed E-state index contributed by atoms with van der Waals surface area (Å²) in [5.41, 5.74) is 4.93. The Balaban J connectivity index is 3.27. The van der Waals surface area contributed by atoms with Crippen LogP contribution in [0.3, 0.4) is 0 Å². The molecule has 1 unspecified atom stereocenters. The maximum absolute atomic E-state index is 8.57. The lowest BCUT2D eigenvalue weighted by molar-refractivity contribution is 0.322. The van der Waals surface area contributed by atoms with E-state index in [1.54, 1.807) is 18.7 Å². The molecule has 0 rings (SSSR count). The van der Waals surface area contributed by atoms with Gasteiger partial charge in [-0.25, -0.2) is 0 Å². The first kappa shape index (κ1) is 11.8. The average Bonchev–Trinajstić information content (AvgIpc) is 2.04. The molecule has 3 nitrogen and oxygen atoms in total. The van der Waals surface area contributed by atoms with Crippen molar-refractivity contribution in [1.29, 1.82) is 5.26 Å². The second kappa shape index (κ2) is 6.30. The van der Waals surface area contributed by atoms with Crippen LogP contribution in [0.4, 0.5) is 0 Å². The molecule has 0 aliphatic carbocycles. The van der Waals surface area contributed by atoms with Crippen LogP contribution in [0.15, 0.2) is 0 Å². The SMILES string of the molecule is CC(N)(C#N)CCCSCCO. The van der Waals surface area contributed by atoms with Gasteiger partial charge in [-0.2, -0.15) is 17.0 Å². The minimum absolute atomic E-state index is 0.225. The summed E-state index contributed by atoms with van der Waals surface area (Å²) in [6, 6.07) is 2.05. The van der Waals surface area contributed by atoms with Crippen molar-refractivity contribution in [2.24, 2.45) is 5.73 Å². The second-order valence-electron chi connectivity index (χ2n) is 2.97. The lowest BCUT2D eigenvalue weighted by Crippen LogP contribution is -2.33. The maximum Gasteiger partial charge on any atom is 0.101 e. The van der Waals surface area contributed by atoms with Crippen molar-refractivity contribution in [3.8, 4) is 6.07 Å². The molecule has 0 aliphatic heterocycles. The normalized spacial score (nSPS) is 15.2. The van der Waals surface area contributed by atoms with Gasteiger partial charge in [0.25, 0.3) is 0 Å². The predicted octanol–water partition coefficient (Wildman–Crippen LogP) is 0.733. The second-order valence-corrected chi connectivity index (χ2v) is 4.19. The van der Waals surface area contributed by atoms with Crippen LogP contribution in [0.1, 0.15) is 19.8 Å². The monoisotopic (exact) mass is 188 g/mol. The van der Waals surface area contributed by atoms with Gasteiger partial charge >= 0.3 is 0 Å². The molecule has 0 saturated carbocycles. The van der Waals surface area contributed by atoms with Crippen LogP contribution in [-0.2, 0) is 0 Å². The molecule has 0 aromatic heterocycles. The highest BCUT2D eigenvalue weighted by Gasteiger charge is 2.15. The zero-order valence-corrected chi connectivity index (χ0v) is 8.23. The molecule has 0 radical (unpaired) electrons. The van der Waals surface area contributed by atoms with Gasteiger partial charge in [0, 0.05) is 5.75 Å². The molecule has 0 saturated heterocycles. The fraction of sp³-hybridized carbons (Fsp3) is 0.875. The Hall–Kier alpha value is -0.240. The van der Waals surface area contributed by atoms with Gasteiger partial charge in [-0.3, -0.25) is 0 Å². The summed E-state index contributed by atoms with van der Waals surface area (Å²) in [7, 11) is 0. The lowest BCUT2D eigenvalue weighted by Gasteiger charge is -2.13. The zero-order valence-electron chi connectivity index (χ0n) is 7.42. The van der Waals surface area contributed by atoms with E-state index >= 15 is 0 Å². The molecular weight excluding hydrogens is 172 g/mol. The molecule has 0 amide bonds. The number of hydrogen-bond acceptors (Lipinski definition) is 4. The summed E-state index contributed by atoms with van der Waals surface area (Å²) in [4.78, 5) is 0. The molecular formula is C8H16N2OS. The average molecular weight is 188 g/mol. The molecule has 12 heavy (non-hydrogen) atoms. The third-order valence-electron chi connectivity index (χ3n) is 1.48. The highest BCUT2D eigenvalue weighted by Crippen LogP contribution is 2.10. The Labute approximate surface area is 77.9 Å². The first-order valence-corrected chi connectivity index (χ1v) is 5.16. The minimum Gasteiger partial charge on any atom is -0.396 e. The van der Waals surface area contributed by atoms with E-state index in [1.807, 2.05) is 0 Å². The summed E-state index contributed by atoms with van der Waals surface area (Å²) in [6.07, 6.45) is 1.66. The van der Waals surface area contributed by atoms with Crippen LogP contribution in [0.5, 0.6) is 0 Å². The van der Waals surface area contributed by atoms with Crippen molar-refractivity contribution in [3.05, 3.63) is 0 Å². The van der Waals surface area contributed by atoms with Gasteiger partial charge in [0.05, 0.1) is 12.7 Å². The molecule has 0 bridgehead atoms. The summed E-state index contributed by atoms with van der Waals surface area (Å²) < 4.78 is 0. The number of hydrogen-bond donors (Lipinski definition) is 2. The number of rotatable bonds is 6. The number of aliphatic hydroxyl groups excluding tert-OH is 1. The zero-order chi connectivity index (χ0) is 9.45. The molecule has 4 heteroatoms. The summed E-state index contributed by atoms with van der Waals surface area (Å²) in [6.45, 7) is 1.96. The summed E-state index contributed by atoms with van der Waals surface area (Å²) in [5, 5.41) is 17.0. The fourth-order valence-electron chi connectivity index (χ4n) is 0.764. The minimum atomic E-state index is -0.681. The highest BCUT2D eigenvalue weighted by molar-refractivity contribution is 7.99. The van der Waals surface area contributed by atoms with Crippen molar-refractivity contribution in [3.63, 3.8) is 0 Å². The molecule has 0 heterocycles. The summed E-state index contributed by atoms with van der Waals surface area (Å²) in [5.74, 6) is 1.74. The topological polar surface area (TPSA) is 70.0 Å². The molecule has 0 aliphatic rings. The third kappa shape index (κ3) is 6.47. The van der Waals surface area contributed by atoms with Gasteiger partial charge in [0.1, 0.15) is 5.54 Å². The van der Waals surface area contributed by atoms with Crippen LogP contribution >= 0.6 is 11.8 Å². The van der Waals surface area contributed by atoms with Crippen molar-refractivity contribution in [1.82, 2.24) is 0 Å². The molecule has 0 aromatic rings. The van der Waals surface area contributed by atoms with E-state index in [0.29, 0.717) is 0 Å². The van der Waals surface area contributed by atoms with E-state index in [1.165, 1.54) is 0 Å². The third-order valence-corrected chi connectivity index (χ3v) is 2.52. The van der Waals surface area contributed by atoms with E-state index < -0.39 is 5.54 Å². The van der Waals surface area contributed by atoms with E-state index in [9.17, 15) is 0 Å². The fourth-order valence-corrected chi connectivity index (χ4v) is 1.45. The lowest BCUT2D eigenvalue weighted by atomic mass is 10.0. The molecule has 0 spiro atoms. The maximum atomic E-state index is 8.57. The van der Waals surface area contributed by atoms with Crippen molar-refractivity contribution < 1.29 is 5.11 Å². The van der Waals surface area contributed by atoms with Gasteiger partial charge in [0.15, 0.2) is 0 Å². The van der Waals surface area contributed by atoms with E-state index in [2.05, 4.69) is 6.07 Å². The van der Waals surface area contributed by atoms with Crippen LogP contribution in [0, 0.1) is 11.3 Å². The van der Waals surface area contributed by atoms with E-state index in [0.717, 1.165) is 24.3 Å². The number of nitriles is 1. The number of nitrogens with zero attached hydrogens (tertiary/aromatic N) is 1. The predicted molar refractivity (Wildman–Crippen MR) is 51.9 cm³/mol. The number of thioether (sulfide) groups is 1. The number of nitrogens with two attached hydrogens (primary N) is 1. The Kier molecular flexibility index (Phi) is 6.17. The van der Waals surface area contributed by atoms with Crippen LogP contribution in [-0.4, -0.2) is 28.8 Å². The molecule has 70 valence electrons. The standard InChI is InChI=1S/C8H16N2OS/c1-8(10,7-9)3-2-5-12-6-4-11/h11H,2-6,10H2,1H3. The number of aliphatic hydroxyl groups is 1. The van der Waals surface area contributed by atoms with Gasteiger partial charge < -0.3 is 10.8 Å². The first-order valence-electron chi connectivity index (χ1n) is 4.01. The smallest absolute Gasteiger partial charge is 0.101 e. The quantitative estimate of drug-likeness (QED) is 0.603. The van der Waals surface area contributed by atoms with Crippen LogP contribution < -0.4 is 5.73 Å². The summed E-state index contributed by atoms with van der Waals surface area (Å²) >= 11 is 1.69. The van der Waals surface area contributed by atoms with E-state index in [-0.39, 0.29) is 6.61 Å². The van der Waals surface area contributed by atoms with Gasteiger partial charge in [-0.05, 0) is 25.5 Å². The van der Waals surface area contributed by atoms with Crippen molar-refractivity contribution >= 4 is 11.8 Å². The highest BCUT2D eigenvalue weighted by atomic mass is 32.2.